The lowest BCUT2D eigenvalue weighted by molar-refractivity contribution is 0.408. The zero-order chi connectivity index (χ0) is 22.3. The number of aromatic nitrogens is 1. The molecule has 0 aliphatic rings. The molecule has 0 spiro atoms. The first kappa shape index (κ1) is 21.0. The Labute approximate surface area is 183 Å². The second-order valence-electron chi connectivity index (χ2n) is 7.95. The van der Waals surface area contributed by atoms with E-state index >= 15 is 0 Å². The van der Waals surface area contributed by atoms with Gasteiger partial charge in [0.25, 0.3) is 10.0 Å². The number of anilines is 1. The van der Waals surface area contributed by atoms with Crippen LogP contribution in [0.2, 0.25) is 0 Å². The van der Waals surface area contributed by atoms with Crippen molar-refractivity contribution >= 4 is 26.6 Å². The topological polar surface area (TPSA) is 71.2 Å². The quantitative estimate of drug-likeness (QED) is 0.412. The summed E-state index contributed by atoms with van der Waals surface area (Å²) in [6.45, 7) is 8.04. The Morgan fingerprint density at radius 1 is 0.871 bits per heavy atom. The van der Waals surface area contributed by atoms with Crippen LogP contribution in [0.25, 0.3) is 22.2 Å². The molecular formula is C25H26N2O3S. The van der Waals surface area contributed by atoms with E-state index in [2.05, 4.69) is 21.8 Å². The maximum absolute atomic E-state index is 12.8. The minimum atomic E-state index is -3.65. The van der Waals surface area contributed by atoms with E-state index in [1.807, 2.05) is 39.8 Å². The summed E-state index contributed by atoms with van der Waals surface area (Å²) in [7, 11) is -1.97. The molecule has 160 valence electrons. The Balaban J connectivity index is 1.73. The van der Waals surface area contributed by atoms with E-state index in [0.717, 1.165) is 50.2 Å². The summed E-state index contributed by atoms with van der Waals surface area (Å²) in [5.74, 6) is 0.894. The number of aryl methyl sites for hydroxylation is 4. The summed E-state index contributed by atoms with van der Waals surface area (Å²) < 4.78 is 33.7. The lowest BCUT2D eigenvalue weighted by atomic mass is 10.0. The lowest BCUT2D eigenvalue weighted by Crippen LogP contribution is -2.12. The Hall–Kier alpha value is -3.25. The predicted octanol–water partition coefficient (Wildman–Crippen LogP) is 5.88. The molecule has 0 saturated carbocycles. The van der Waals surface area contributed by atoms with Gasteiger partial charge in [-0.15, -0.1) is 0 Å². The highest BCUT2D eigenvalue weighted by atomic mass is 32.2. The zero-order valence-electron chi connectivity index (χ0n) is 18.3. The van der Waals surface area contributed by atoms with Gasteiger partial charge in [0.2, 0.25) is 0 Å². The molecule has 1 aromatic heterocycles. The minimum Gasteiger partial charge on any atom is -0.496 e. The van der Waals surface area contributed by atoms with Crippen LogP contribution >= 0.6 is 0 Å². The summed E-state index contributed by atoms with van der Waals surface area (Å²) >= 11 is 0. The third-order valence-corrected chi connectivity index (χ3v) is 6.99. The summed E-state index contributed by atoms with van der Waals surface area (Å²) in [4.78, 5) is 3.73. The van der Waals surface area contributed by atoms with Crippen molar-refractivity contribution in [2.24, 2.45) is 0 Å². The molecule has 0 unspecified atom stereocenters. The van der Waals surface area contributed by atoms with Gasteiger partial charge in [0.1, 0.15) is 5.75 Å². The van der Waals surface area contributed by atoms with Gasteiger partial charge in [-0.25, -0.2) is 8.42 Å². The summed E-state index contributed by atoms with van der Waals surface area (Å²) in [5, 5.41) is 0.977. The van der Waals surface area contributed by atoms with Crippen LogP contribution in [-0.2, 0) is 10.0 Å². The number of methoxy groups -OCH3 is 1. The molecule has 4 aromatic rings. The molecule has 2 N–H and O–H groups in total. The molecule has 0 atom stereocenters. The van der Waals surface area contributed by atoms with Crippen molar-refractivity contribution in [3.05, 3.63) is 76.9 Å². The number of H-pyrrole nitrogens is 1. The van der Waals surface area contributed by atoms with Crippen LogP contribution in [0.3, 0.4) is 0 Å². The molecular weight excluding hydrogens is 408 g/mol. The fourth-order valence-electron chi connectivity index (χ4n) is 4.03. The first-order valence-corrected chi connectivity index (χ1v) is 11.6. The van der Waals surface area contributed by atoms with Gasteiger partial charge >= 0.3 is 0 Å². The van der Waals surface area contributed by atoms with Gasteiger partial charge in [-0.05, 0) is 92.4 Å². The molecule has 0 amide bonds. The van der Waals surface area contributed by atoms with Gasteiger partial charge in [-0.3, -0.25) is 4.72 Å². The smallest absolute Gasteiger partial charge is 0.261 e. The molecule has 0 aliphatic carbocycles. The monoisotopic (exact) mass is 434 g/mol. The maximum Gasteiger partial charge on any atom is 0.261 e. The largest absolute Gasteiger partial charge is 0.496 e. The molecule has 6 heteroatoms. The van der Waals surface area contributed by atoms with Gasteiger partial charge in [0, 0.05) is 22.3 Å². The molecule has 0 saturated heterocycles. The van der Waals surface area contributed by atoms with E-state index in [4.69, 9.17) is 4.74 Å². The second-order valence-corrected chi connectivity index (χ2v) is 9.63. The van der Waals surface area contributed by atoms with Crippen LogP contribution in [0.1, 0.15) is 22.3 Å². The van der Waals surface area contributed by atoms with Crippen molar-refractivity contribution < 1.29 is 13.2 Å². The van der Waals surface area contributed by atoms with Crippen molar-refractivity contribution in [2.75, 3.05) is 11.8 Å². The van der Waals surface area contributed by atoms with Crippen molar-refractivity contribution in [3.63, 3.8) is 0 Å². The fraction of sp³-hybridized carbons (Fsp3) is 0.200. The number of sulfonamides is 1. The third kappa shape index (κ3) is 3.91. The number of nitrogens with one attached hydrogen (secondary N) is 2. The van der Waals surface area contributed by atoms with E-state index < -0.39 is 10.0 Å². The van der Waals surface area contributed by atoms with E-state index in [1.54, 1.807) is 37.4 Å². The van der Waals surface area contributed by atoms with E-state index in [0.29, 0.717) is 5.69 Å². The van der Waals surface area contributed by atoms with Crippen molar-refractivity contribution in [2.45, 2.75) is 32.6 Å². The SMILES string of the molecule is COc1c(C)cc(-c2[nH]c3ccc(NS(=O)(=O)c4ccc(C)cc4)cc3c2C)cc1C. The Bertz CT molecular complexity index is 1360. The van der Waals surface area contributed by atoms with E-state index in [1.165, 1.54) is 0 Å². The van der Waals surface area contributed by atoms with Crippen LogP contribution in [0, 0.1) is 27.7 Å². The Morgan fingerprint density at radius 2 is 1.52 bits per heavy atom. The van der Waals surface area contributed by atoms with Crippen LogP contribution in [0.4, 0.5) is 5.69 Å². The first-order chi connectivity index (χ1) is 14.7. The van der Waals surface area contributed by atoms with E-state index in [9.17, 15) is 8.42 Å². The number of hydrogen-bond donors (Lipinski definition) is 2. The van der Waals surface area contributed by atoms with Gasteiger partial charge < -0.3 is 9.72 Å². The van der Waals surface area contributed by atoms with E-state index in [-0.39, 0.29) is 4.90 Å². The van der Waals surface area contributed by atoms with Crippen molar-refractivity contribution in [3.8, 4) is 17.0 Å². The number of fused-ring (bicyclic) bond motifs is 1. The molecule has 0 aliphatic heterocycles. The number of benzene rings is 3. The van der Waals surface area contributed by atoms with Crippen LogP contribution in [-0.4, -0.2) is 20.5 Å². The highest BCUT2D eigenvalue weighted by molar-refractivity contribution is 7.92. The molecule has 0 fully saturated rings. The number of ether oxygens (including phenoxy) is 1. The van der Waals surface area contributed by atoms with Crippen LogP contribution in [0.5, 0.6) is 5.75 Å². The standard InChI is InChI=1S/C25H26N2O3S/c1-15-6-9-21(10-7-15)31(28,29)27-20-8-11-23-22(14-20)18(4)24(26-23)19-12-16(2)25(30-5)17(3)13-19/h6-14,26-27H,1-5H3. The first-order valence-electron chi connectivity index (χ1n) is 10.1. The van der Waals surface area contributed by atoms with Gasteiger partial charge in [-0.2, -0.15) is 0 Å². The van der Waals surface area contributed by atoms with Crippen molar-refractivity contribution in [1.82, 2.24) is 4.98 Å². The average Bonchev–Trinajstić information content (AvgIpc) is 3.04. The van der Waals surface area contributed by atoms with Gasteiger partial charge in [0.15, 0.2) is 0 Å². The molecule has 4 rings (SSSR count). The average molecular weight is 435 g/mol. The zero-order valence-corrected chi connectivity index (χ0v) is 19.1. The second kappa shape index (κ2) is 7.78. The maximum atomic E-state index is 12.8. The number of aromatic amines is 1. The molecule has 0 bridgehead atoms. The van der Waals surface area contributed by atoms with Crippen LogP contribution in [0.15, 0.2) is 59.5 Å². The summed E-state index contributed by atoms with van der Waals surface area (Å²) in [6, 6.07) is 16.6. The number of hydrogen-bond acceptors (Lipinski definition) is 3. The Kier molecular flexibility index (Phi) is 5.27. The highest BCUT2D eigenvalue weighted by Crippen LogP contribution is 2.35. The highest BCUT2D eigenvalue weighted by Gasteiger charge is 2.16. The fourth-order valence-corrected chi connectivity index (χ4v) is 5.08. The molecule has 3 aromatic carbocycles. The predicted molar refractivity (Wildman–Crippen MR) is 126 cm³/mol. The molecule has 31 heavy (non-hydrogen) atoms. The normalized spacial score (nSPS) is 11.6. The molecule has 0 radical (unpaired) electrons. The minimum absolute atomic E-state index is 0.244. The van der Waals surface area contributed by atoms with Crippen molar-refractivity contribution in [1.29, 1.82) is 0 Å². The third-order valence-electron chi connectivity index (χ3n) is 5.59. The lowest BCUT2D eigenvalue weighted by Gasteiger charge is -2.11. The molecule has 1 heterocycles. The van der Waals surface area contributed by atoms with Gasteiger partial charge in [0.05, 0.1) is 12.0 Å². The summed E-state index contributed by atoms with van der Waals surface area (Å²) in [6.07, 6.45) is 0. The van der Waals surface area contributed by atoms with Crippen LogP contribution < -0.4 is 9.46 Å². The van der Waals surface area contributed by atoms with Gasteiger partial charge in [-0.1, -0.05) is 17.7 Å². The number of rotatable bonds is 5. The molecule has 5 nitrogen and oxygen atoms in total. The summed E-state index contributed by atoms with van der Waals surface area (Å²) in [5.41, 5.74) is 7.80. The Morgan fingerprint density at radius 3 is 2.13 bits per heavy atom.